The van der Waals surface area contributed by atoms with Crippen molar-refractivity contribution in [2.75, 3.05) is 20.6 Å². The minimum atomic E-state index is -0.0649. The van der Waals surface area contributed by atoms with E-state index < -0.39 is 0 Å². The summed E-state index contributed by atoms with van der Waals surface area (Å²) in [4.78, 5) is 2.16. The van der Waals surface area contributed by atoms with Crippen molar-refractivity contribution in [1.82, 2.24) is 4.90 Å². The molecule has 0 saturated heterocycles. The van der Waals surface area contributed by atoms with Crippen LogP contribution in [-0.4, -0.2) is 36.8 Å². The van der Waals surface area contributed by atoms with E-state index in [4.69, 9.17) is 0 Å². The summed E-state index contributed by atoms with van der Waals surface area (Å²) in [5.74, 6) is 0. The fourth-order valence-corrected chi connectivity index (χ4v) is 1.23. The third kappa shape index (κ3) is 8.02. The Morgan fingerprint density at radius 3 is 2.25 bits per heavy atom. The zero-order valence-electron chi connectivity index (χ0n) is 8.71. The number of nitrogens with zero attached hydrogens (tertiary/aromatic N) is 1. The van der Waals surface area contributed by atoms with E-state index in [9.17, 15) is 5.11 Å². The van der Waals surface area contributed by atoms with Crippen LogP contribution in [0.4, 0.5) is 0 Å². The van der Waals surface area contributed by atoms with Gasteiger partial charge in [-0.3, -0.25) is 0 Å². The zero-order valence-corrected chi connectivity index (χ0v) is 8.71. The van der Waals surface area contributed by atoms with Crippen LogP contribution in [0, 0.1) is 0 Å². The number of aliphatic hydroxyl groups is 1. The van der Waals surface area contributed by atoms with Crippen molar-refractivity contribution < 1.29 is 5.11 Å². The van der Waals surface area contributed by atoms with Crippen LogP contribution in [0.5, 0.6) is 0 Å². The van der Waals surface area contributed by atoms with Gasteiger partial charge < -0.3 is 10.0 Å². The summed E-state index contributed by atoms with van der Waals surface area (Å²) in [6, 6.07) is 0. The summed E-state index contributed by atoms with van der Waals surface area (Å²) in [5.41, 5.74) is 0. The van der Waals surface area contributed by atoms with Crippen molar-refractivity contribution in [2.45, 2.75) is 45.1 Å². The standard InChI is InChI=1S/C10H23NO/c1-4-5-7-10(12)8-6-9-11(2)3/h10,12H,4-9H2,1-3H3/t10-/m1/s1. The second-order valence-electron chi connectivity index (χ2n) is 3.74. The summed E-state index contributed by atoms with van der Waals surface area (Å²) in [5, 5.41) is 9.47. The maximum atomic E-state index is 9.47. The Labute approximate surface area is 76.6 Å². The van der Waals surface area contributed by atoms with E-state index in [1.807, 2.05) is 0 Å². The van der Waals surface area contributed by atoms with E-state index in [1.54, 1.807) is 0 Å². The summed E-state index contributed by atoms with van der Waals surface area (Å²) in [7, 11) is 4.14. The number of rotatable bonds is 7. The molecule has 0 saturated carbocycles. The Bertz CT molecular complexity index is 93.8. The highest BCUT2D eigenvalue weighted by Gasteiger charge is 2.02. The molecule has 0 spiro atoms. The van der Waals surface area contributed by atoms with Crippen molar-refractivity contribution in [3.63, 3.8) is 0 Å². The minimum absolute atomic E-state index is 0.0649. The average Bonchev–Trinajstić information content (AvgIpc) is 2.00. The molecule has 0 fully saturated rings. The molecule has 2 heteroatoms. The fourth-order valence-electron chi connectivity index (χ4n) is 1.23. The third-order valence-electron chi connectivity index (χ3n) is 2.03. The van der Waals surface area contributed by atoms with Crippen LogP contribution in [-0.2, 0) is 0 Å². The van der Waals surface area contributed by atoms with E-state index in [1.165, 1.54) is 6.42 Å². The summed E-state index contributed by atoms with van der Waals surface area (Å²) >= 11 is 0. The molecule has 0 aliphatic rings. The van der Waals surface area contributed by atoms with Gasteiger partial charge in [-0.15, -0.1) is 0 Å². The van der Waals surface area contributed by atoms with Gasteiger partial charge in [0.2, 0.25) is 0 Å². The number of hydrogen-bond acceptors (Lipinski definition) is 2. The number of unbranched alkanes of at least 4 members (excludes halogenated alkanes) is 1. The summed E-state index contributed by atoms with van der Waals surface area (Å²) in [6.07, 6.45) is 5.32. The van der Waals surface area contributed by atoms with Gasteiger partial charge in [0, 0.05) is 0 Å². The maximum absolute atomic E-state index is 9.47. The van der Waals surface area contributed by atoms with Gasteiger partial charge in [-0.1, -0.05) is 19.8 Å². The number of hydrogen-bond donors (Lipinski definition) is 1. The first-order chi connectivity index (χ1) is 5.66. The monoisotopic (exact) mass is 173 g/mol. The molecular formula is C10H23NO. The van der Waals surface area contributed by atoms with E-state index in [0.717, 1.165) is 32.2 Å². The van der Waals surface area contributed by atoms with Crippen molar-refractivity contribution in [3.05, 3.63) is 0 Å². The lowest BCUT2D eigenvalue weighted by Crippen LogP contribution is -2.15. The quantitative estimate of drug-likeness (QED) is 0.635. The second kappa shape index (κ2) is 7.56. The Balaban J connectivity index is 3.13. The molecule has 0 amide bonds. The first-order valence-electron chi connectivity index (χ1n) is 4.99. The Morgan fingerprint density at radius 2 is 1.75 bits per heavy atom. The van der Waals surface area contributed by atoms with Crippen molar-refractivity contribution >= 4 is 0 Å². The first-order valence-corrected chi connectivity index (χ1v) is 4.99. The highest BCUT2D eigenvalue weighted by molar-refractivity contribution is 4.56. The normalized spacial score (nSPS) is 13.8. The van der Waals surface area contributed by atoms with Crippen molar-refractivity contribution in [2.24, 2.45) is 0 Å². The molecule has 0 heterocycles. The maximum Gasteiger partial charge on any atom is 0.0540 e. The van der Waals surface area contributed by atoms with Gasteiger partial charge in [0.05, 0.1) is 6.10 Å². The minimum Gasteiger partial charge on any atom is -0.393 e. The van der Waals surface area contributed by atoms with Gasteiger partial charge >= 0.3 is 0 Å². The number of aliphatic hydroxyl groups excluding tert-OH is 1. The smallest absolute Gasteiger partial charge is 0.0540 e. The summed E-state index contributed by atoms with van der Waals surface area (Å²) in [6.45, 7) is 3.25. The van der Waals surface area contributed by atoms with Crippen molar-refractivity contribution in [1.29, 1.82) is 0 Å². The topological polar surface area (TPSA) is 23.5 Å². The molecule has 0 rings (SSSR count). The van der Waals surface area contributed by atoms with Gasteiger partial charge in [-0.25, -0.2) is 0 Å². The van der Waals surface area contributed by atoms with E-state index >= 15 is 0 Å². The zero-order chi connectivity index (χ0) is 9.40. The van der Waals surface area contributed by atoms with E-state index in [-0.39, 0.29) is 6.10 Å². The van der Waals surface area contributed by atoms with Crippen molar-refractivity contribution in [3.8, 4) is 0 Å². The Hall–Kier alpha value is -0.0800. The SMILES string of the molecule is CCCC[C@@H](O)CCCN(C)C. The first kappa shape index (κ1) is 11.9. The van der Waals surface area contributed by atoms with Gasteiger partial charge in [0.1, 0.15) is 0 Å². The van der Waals surface area contributed by atoms with Gasteiger partial charge in [-0.2, -0.15) is 0 Å². The van der Waals surface area contributed by atoms with Crippen LogP contribution in [0.25, 0.3) is 0 Å². The third-order valence-corrected chi connectivity index (χ3v) is 2.03. The largest absolute Gasteiger partial charge is 0.393 e. The van der Waals surface area contributed by atoms with Gasteiger partial charge in [0.15, 0.2) is 0 Å². The van der Waals surface area contributed by atoms with Gasteiger partial charge in [-0.05, 0) is 39.9 Å². The van der Waals surface area contributed by atoms with Crippen LogP contribution < -0.4 is 0 Å². The second-order valence-corrected chi connectivity index (χ2v) is 3.74. The lowest BCUT2D eigenvalue weighted by Gasteiger charge is -2.12. The molecular weight excluding hydrogens is 150 g/mol. The molecule has 1 atom stereocenters. The molecule has 1 N–H and O–H groups in total. The molecule has 0 aromatic heterocycles. The Morgan fingerprint density at radius 1 is 1.17 bits per heavy atom. The molecule has 0 aliphatic carbocycles. The predicted molar refractivity (Wildman–Crippen MR) is 53.3 cm³/mol. The average molecular weight is 173 g/mol. The Kier molecular flexibility index (Phi) is 7.51. The molecule has 0 unspecified atom stereocenters. The van der Waals surface area contributed by atoms with Crippen LogP contribution in [0.3, 0.4) is 0 Å². The molecule has 0 aromatic carbocycles. The molecule has 0 radical (unpaired) electrons. The molecule has 0 aliphatic heterocycles. The van der Waals surface area contributed by atoms with Crippen LogP contribution in [0.2, 0.25) is 0 Å². The fraction of sp³-hybridized carbons (Fsp3) is 1.00. The highest BCUT2D eigenvalue weighted by atomic mass is 16.3. The lowest BCUT2D eigenvalue weighted by atomic mass is 10.1. The lowest BCUT2D eigenvalue weighted by molar-refractivity contribution is 0.145. The van der Waals surface area contributed by atoms with E-state index in [2.05, 4.69) is 25.9 Å². The summed E-state index contributed by atoms with van der Waals surface area (Å²) < 4.78 is 0. The molecule has 0 bridgehead atoms. The molecule has 0 aromatic rings. The van der Waals surface area contributed by atoms with Gasteiger partial charge in [0.25, 0.3) is 0 Å². The highest BCUT2D eigenvalue weighted by Crippen LogP contribution is 2.06. The predicted octanol–water partition coefficient (Wildman–Crippen LogP) is 1.88. The molecule has 12 heavy (non-hydrogen) atoms. The molecule has 2 nitrogen and oxygen atoms in total. The van der Waals surface area contributed by atoms with Crippen LogP contribution in [0.1, 0.15) is 39.0 Å². The molecule has 74 valence electrons. The van der Waals surface area contributed by atoms with Crippen LogP contribution >= 0.6 is 0 Å². The van der Waals surface area contributed by atoms with E-state index in [0.29, 0.717) is 0 Å². The van der Waals surface area contributed by atoms with Crippen LogP contribution in [0.15, 0.2) is 0 Å².